The third-order valence-corrected chi connectivity index (χ3v) is 2.92. The number of amides is 1. The van der Waals surface area contributed by atoms with Crippen LogP contribution >= 0.6 is 11.6 Å². The number of carbonyl (C=O) groups excluding carboxylic acids is 1. The van der Waals surface area contributed by atoms with Gasteiger partial charge in [0.25, 0.3) is 5.91 Å². The van der Waals surface area contributed by atoms with Gasteiger partial charge in [-0.15, -0.1) is 0 Å². The molecule has 0 spiro atoms. The third kappa shape index (κ3) is 2.92. The highest BCUT2D eigenvalue weighted by atomic mass is 35.5. The molecule has 0 aliphatic heterocycles. The van der Waals surface area contributed by atoms with E-state index in [2.05, 4.69) is 15.3 Å². The number of carbonyl (C=O) groups is 1. The maximum Gasteiger partial charge on any atom is 0.260 e. The van der Waals surface area contributed by atoms with E-state index in [4.69, 9.17) is 23.1 Å². The number of hydrogen-bond donors (Lipinski definition) is 3. The van der Waals surface area contributed by atoms with Crippen molar-refractivity contribution in [3.8, 4) is 0 Å². The highest BCUT2D eigenvalue weighted by Crippen LogP contribution is 2.20. The summed E-state index contributed by atoms with van der Waals surface area (Å²) in [5.74, 6) is -0.341. The number of nitrogens with two attached hydrogens (primary N) is 2. The molecule has 0 aliphatic rings. The van der Waals surface area contributed by atoms with E-state index in [9.17, 15) is 4.79 Å². The second-order valence-corrected chi connectivity index (χ2v) is 4.35. The Hall–Kier alpha value is -2.34. The monoisotopic (exact) mass is 277 g/mol. The van der Waals surface area contributed by atoms with E-state index in [1.807, 2.05) is 6.92 Å². The van der Waals surface area contributed by atoms with Crippen LogP contribution in [0.15, 0.2) is 24.4 Å². The molecule has 0 radical (unpaired) electrons. The molecule has 1 aromatic heterocycles. The van der Waals surface area contributed by atoms with Crippen molar-refractivity contribution in [3.05, 3.63) is 40.5 Å². The van der Waals surface area contributed by atoms with E-state index in [0.29, 0.717) is 10.7 Å². The van der Waals surface area contributed by atoms with E-state index in [0.717, 1.165) is 5.56 Å². The molecular weight excluding hydrogens is 266 g/mol. The zero-order valence-electron chi connectivity index (χ0n) is 10.1. The van der Waals surface area contributed by atoms with E-state index >= 15 is 0 Å². The summed E-state index contributed by atoms with van der Waals surface area (Å²) in [6.07, 6.45) is 1.29. The van der Waals surface area contributed by atoms with Crippen molar-refractivity contribution in [1.82, 2.24) is 9.97 Å². The van der Waals surface area contributed by atoms with Crippen LogP contribution in [0, 0.1) is 6.92 Å². The van der Waals surface area contributed by atoms with Crippen molar-refractivity contribution >= 4 is 35.0 Å². The summed E-state index contributed by atoms with van der Waals surface area (Å²) >= 11 is 5.91. The van der Waals surface area contributed by atoms with Crippen LogP contribution in [0.2, 0.25) is 5.02 Å². The molecule has 2 aromatic rings. The molecule has 0 atom stereocenters. The van der Waals surface area contributed by atoms with Gasteiger partial charge in [-0.3, -0.25) is 4.79 Å². The van der Waals surface area contributed by atoms with E-state index in [1.165, 1.54) is 6.20 Å². The number of rotatable bonds is 2. The minimum absolute atomic E-state index is 0.0244. The number of nitrogens with zero attached hydrogens (tertiary/aromatic N) is 2. The number of aryl methyl sites for hydroxylation is 1. The van der Waals surface area contributed by atoms with Gasteiger partial charge >= 0.3 is 0 Å². The summed E-state index contributed by atoms with van der Waals surface area (Å²) in [5.41, 5.74) is 12.6. The summed E-state index contributed by atoms with van der Waals surface area (Å²) in [6, 6.07) is 5.16. The molecule has 7 heteroatoms. The van der Waals surface area contributed by atoms with Gasteiger partial charge in [-0.1, -0.05) is 11.6 Å². The molecule has 1 amide bonds. The molecule has 6 nitrogen and oxygen atoms in total. The van der Waals surface area contributed by atoms with Crippen LogP contribution in [0.4, 0.5) is 17.5 Å². The molecule has 19 heavy (non-hydrogen) atoms. The number of hydrogen-bond acceptors (Lipinski definition) is 5. The predicted molar refractivity (Wildman–Crippen MR) is 75.0 cm³/mol. The lowest BCUT2D eigenvalue weighted by atomic mass is 10.2. The van der Waals surface area contributed by atoms with Gasteiger partial charge in [-0.2, -0.15) is 4.98 Å². The Morgan fingerprint density at radius 3 is 2.74 bits per heavy atom. The van der Waals surface area contributed by atoms with E-state index in [1.54, 1.807) is 18.2 Å². The first-order valence-electron chi connectivity index (χ1n) is 5.43. The Morgan fingerprint density at radius 2 is 2.11 bits per heavy atom. The largest absolute Gasteiger partial charge is 0.383 e. The van der Waals surface area contributed by atoms with Crippen LogP contribution in [-0.2, 0) is 0 Å². The summed E-state index contributed by atoms with van der Waals surface area (Å²) in [4.78, 5) is 19.5. The predicted octanol–water partition coefficient (Wildman–Crippen LogP) is 1.86. The van der Waals surface area contributed by atoms with Gasteiger partial charge in [0.2, 0.25) is 5.95 Å². The topological polar surface area (TPSA) is 107 Å². The van der Waals surface area contributed by atoms with E-state index in [-0.39, 0.29) is 17.3 Å². The molecule has 1 aromatic carbocycles. The maximum atomic E-state index is 12.0. The highest BCUT2D eigenvalue weighted by Gasteiger charge is 2.12. The Balaban J connectivity index is 2.23. The number of nitrogen functional groups attached to an aromatic ring is 2. The average Bonchev–Trinajstić information content (AvgIpc) is 2.33. The van der Waals surface area contributed by atoms with Crippen molar-refractivity contribution in [2.45, 2.75) is 6.92 Å². The number of anilines is 3. The summed E-state index contributed by atoms with van der Waals surface area (Å²) in [7, 11) is 0. The minimum Gasteiger partial charge on any atom is -0.383 e. The Bertz CT molecular complexity index is 644. The van der Waals surface area contributed by atoms with Crippen LogP contribution in [0.5, 0.6) is 0 Å². The molecule has 0 fully saturated rings. The first-order valence-corrected chi connectivity index (χ1v) is 5.80. The lowest BCUT2D eigenvalue weighted by Crippen LogP contribution is -2.16. The van der Waals surface area contributed by atoms with Gasteiger partial charge in [0, 0.05) is 16.9 Å². The molecule has 0 bridgehead atoms. The van der Waals surface area contributed by atoms with Gasteiger partial charge in [0.05, 0.1) is 0 Å². The molecule has 0 saturated heterocycles. The van der Waals surface area contributed by atoms with Crippen LogP contribution in [-0.4, -0.2) is 15.9 Å². The molecule has 2 rings (SSSR count). The standard InChI is InChI=1S/C12H12ClN5O/c1-6-4-7(2-3-9(6)13)17-11(19)8-5-16-12(15)18-10(8)14/h2-5H,1H3,(H,17,19)(H4,14,15,16,18). The summed E-state index contributed by atoms with van der Waals surface area (Å²) < 4.78 is 0. The quantitative estimate of drug-likeness (QED) is 0.776. The van der Waals surface area contributed by atoms with Crippen molar-refractivity contribution in [2.75, 3.05) is 16.8 Å². The van der Waals surface area contributed by atoms with Crippen molar-refractivity contribution in [2.24, 2.45) is 0 Å². The maximum absolute atomic E-state index is 12.0. The fraction of sp³-hybridized carbons (Fsp3) is 0.0833. The molecule has 0 unspecified atom stereocenters. The van der Waals surface area contributed by atoms with Gasteiger partial charge in [0.1, 0.15) is 11.4 Å². The van der Waals surface area contributed by atoms with Crippen molar-refractivity contribution in [3.63, 3.8) is 0 Å². The third-order valence-electron chi connectivity index (χ3n) is 2.50. The van der Waals surface area contributed by atoms with Crippen LogP contribution in [0.3, 0.4) is 0 Å². The van der Waals surface area contributed by atoms with Crippen LogP contribution in [0.25, 0.3) is 0 Å². The fourth-order valence-corrected chi connectivity index (χ4v) is 1.62. The summed E-state index contributed by atoms with van der Waals surface area (Å²) in [6.45, 7) is 1.85. The molecule has 0 aliphatic carbocycles. The Labute approximate surface area is 114 Å². The molecular formula is C12H12ClN5O. The number of halogens is 1. The SMILES string of the molecule is Cc1cc(NC(=O)c2cnc(N)nc2N)ccc1Cl. The van der Waals surface area contributed by atoms with Gasteiger partial charge in [0.15, 0.2) is 0 Å². The fourth-order valence-electron chi connectivity index (χ4n) is 1.51. The normalized spacial score (nSPS) is 10.2. The zero-order chi connectivity index (χ0) is 14.0. The lowest BCUT2D eigenvalue weighted by molar-refractivity contribution is 0.102. The average molecular weight is 278 g/mol. The second-order valence-electron chi connectivity index (χ2n) is 3.95. The molecule has 5 N–H and O–H groups in total. The summed E-state index contributed by atoms with van der Waals surface area (Å²) in [5, 5.41) is 3.32. The molecule has 0 saturated carbocycles. The van der Waals surface area contributed by atoms with E-state index < -0.39 is 5.91 Å². The number of aromatic nitrogens is 2. The van der Waals surface area contributed by atoms with Crippen molar-refractivity contribution < 1.29 is 4.79 Å². The van der Waals surface area contributed by atoms with Crippen LogP contribution in [0.1, 0.15) is 15.9 Å². The number of benzene rings is 1. The number of nitrogens with one attached hydrogen (secondary N) is 1. The van der Waals surface area contributed by atoms with Crippen LogP contribution < -0.4 is 16.8 Å². The smallest absolute Gasteiger partial charge is 0.260 e. The molecule has 1 heterocycles. The lowest BCUT2D eigenvalue weighted by Gasteiger charge is -2.08. The van der Waals surface area contributed by atoms with Gasteiger partial charge in [-0.05, 0) is 30.7 Å². The zero-order valence-corrected chi connectivity index (χ0v) is 10.9. The molecule has 98 valence electrons. The van der Waals surface area contributed by atoms with Crippen molar-refractivity contribution in [1.29, 1.82) is 0 Å². The van der Waals surface area contributed by atoms with Gasteiger partial charge < -0.3 is 16.8 Å². The Kier molecular flexibility index (Phi) is 3.52. The van der Waals surface area contributed by atoms with Gasteiger partial charge in [-0.25, -0.2) is 4.98 Å². The Morgan fingerprint density at radius 1 is 1.37 bits per heavy atom. The highest BCUT2D eigenvalue weighted by molar-refractivity contribution is 6.31. The first-order chi connectivity index (χ1) is 8.97. The second kappa shape index (κ2) is 5.11. The minimum atomic E-state index is -0.403. The first kappa shape index (κ1) is 13.1.